The first-order valence-corrected chi connectivity index (χ1v) is 7.60. The molecule has 2 atom stereocenters. The second-order valence-corrected chi connectivity index (χ2v) is 5.90. The van der Waals surface area contributed by atoms with Crippen molar-refractivity contribution in [1.29, 1.82) is 0 Å². The zero-order valence-electron chi connectivity index (χ0n) is 12.1. The van der Waals surface area contributed by atoms with Crippen LogP contribution >= 0.6 is 0 Å². The van der Waals surface area contributed by atoms with E-state index in [0.717, 1.165) is 11.4 Å². The lowest BCUT2D eigenvalue weighted by Gasteiger charge is -2.33. The molecular weight excluding hydrogens is 250 g/mol. The van der Waals surface area contributed by atoms with Crippen molar-refractivity contribution in [2.45, 2.75) is 44.7 Å². The standard InChI is InChI=1S/C16H23N3O/c1-12(20)17-13-5-4-6-14(11-13)18-15-8-10-19-9-3-2-7-16(15)19/h4-6,11,15-16,18H,2-3,7-10H2,1H3,(H,17,20). The molecule has 0 spiro atoms. The molecule has 4 nitrogen and oxygen atoms in total. The molecule has 1 amide bonds. The minimum absolute atomic E-state index is 0.0264. The second-order valence-electron chi connectivity index (χ2n) is 5.90. The minimum Gasteiger partial charge on any atom is -0.381 e. The highest BCUT2D eigenvalue weighted by atomic mass is 16.1. The number of hydrogen-bond donors (Lipinski definition) is 2. The minimum atomic E-state index is -0.0264. The zero-order chi connectivity index (χ0) is 13.9. The number of rotatable bonds is 3. The normalized spacial score (nSPS) is 26.1. The van der Waals surface area contributed by atoms with Gasteiger partial charge in [-0.15, -0.1) is 0 Å². The first-order valence-electron chi connectivity index (χ1n) is 7.60. The Morgan fingerprint density at radius 1 is 1.20 bits per heavy atom. The van der Waals surface area contributed by atoms with Crippen molar-refractivity contribution in [1.82, 2.24) is 4.90 Å². The van der Waals surface area contributed by atoms with Gasteiger partial charge in [0.2, 0.25) is 5.91 Å². The summed E-state index contributed by atoms with van der Waals surface area (Å²) in [6.07, 6.45) is 5.23. The third-order valence-electron chi connectivity index (χ3n) is 4.39. The number of nitrogens with one attached hydrogen (secondary N) is 2. The number of nitrogens with zero attached hydrogens (tertiary/aromatic N) is 1. The van der Waals surface area contributed by atoms with Crippen LogP contribution in [0.4, 0.5) is 11.4 Å². The molecule has 2 aliphatic heterocycles. The van der Waals surface area contributed by atoms with E-state index in [0.29, 0.717) is 12.1 Å². The number of fused-ring (bicyclic) bond motifs is 1. The predicted molar refractivity (Wildman–Crippen MR) is 82.0 cm³/mol. The number of piperidine rings is 1. The Balaban J connectivity index is 1.67. The molecule has 0 bridgehead atoms. The van der Waals surface area contributed by atoms with Crippen molar-refractivity contribution >= 4 is 17.3 Å². The Morgan fingerprint density at radius 3 is 2.90 bits per heavy atom. The van der Waals surface area contributed by atoms with Gasteiger partial charge in [-0.2, -0.15) is 0 Å². The molecular formula is C16H23N3O. The van der Waals surface area contributed by atoms with Gasteiger partial charge in [0.15, 0.2) is 0 Å². The molecule has 20 heavy (non-hydrogen) atoms. The predicted octanol–water partition coefficient (Wildman–Crippen LogP) is 2.68. The maximum Gasteiger partial charge on any atom is 0.221 e. The average Bonchev–Trinajstić information content (AvgIpc) is 2.82. The fourth-order valence-corrected chi connectivity index (χ4v) is 3.52. The van der Waals surface area contributed by atoms with Gasteiger partial charge >= 0.3 is 0 Å². The van der Waals surface area contributed by atoms with Crippen LogP contribution in [0, 0.1) is 0 Å². The lowest BCUT2D eigenvalue weighted by Crippen LogP contribution is -2.41. The van der Waals surface area contributed by atoms with E-state index in [4.69, 9.17) is 0 Å². The van der Waals surface area contributed by atoms with Crippen molar-refractivity contribution in [2.75, 3.05) is 23.7 Å². The summed E-state index contributed by atoms with van der Waals surface area (Å²) in [7, 11) is 0. The monoisotopic (exact) mass is 273 g/mol. The molecule has 1 aromatic rings. The van der Waals surface area contributed by atoms with Gasteiger partial charge in [-0.3, -0.25) is 9.69 Å². The number of benzene rings is 1. The van der Waals surface area contributed by atoms with Crippen LogP contribution in [0.1, 0.15) is 32.6 Å². The molecule has 2 saturated heterocycles. The smallest absolute Gasteiger partial charge is 0.221 e. The van der Waals surface area contributed by atoms with E-state index in [9.17, 15) is 4.79 Å². The third kappa shape index (κ3) is 2.96. The van der Waals surface area contributed by atoms with Gasteiger partial charge in [-0.05, 0) is 44.0 Å². The molecule has 1 aromatic carbocycles. The highest BCUT2D eigenvalue weighted by Gasteiger charge is 2.35. The molecule has 108 valence electrons. The van der Waals surface area contributed by atoms with E-state index in [2.05, 4.69) is 21.6 Å². The van der Waals surface area contributed by atoms with Crippen LogP contribution in [-0.4, -0.2) is 36.0 Å². The Bertz CT molecular complexity index is 488. The summed E-state index contributed by atoms with van der Waals surface area (Å²) in [5.74, 6) is -0.0264. The molecule has 0 radical (unpaired) electrons. The van der Waals surface area contributed by atoms with Crippen molar-refractivity contribution in [3.05, 3.63) is 24.3 Å². The highest BCUT2D eigenvalue weighted by Crippen LogP contribution is 2.29. The van der Waals surface area contributed by atoms with Crippen molar-refractivity contribution in [2.24, 2.45) is 0 Å². The fraction of sp³-hybridized carbons (Fsp3) is 0.562. The van der Waals surface area contributed by atoms with E-state index in [-0.39, 0.29) is 5.91 Å². The summed E-state index contributed by atoms with van der Waals surface area (Å²) >= 11 is 0. The first-order chi connectivity index (χ1) is 9.72. The van der Waals surface area contributed by atoms with Crippen LogP contribution in [0.5, 0.6) is 0 Å². The summed E-state index contributed by atoms with van der Waals surface area (Å²) in [5, 5.41) is 6.50. The van der Waals surface area contributed by atoms with Gasteiger partial charge < -0.3 is 10.6 Å². The second kappa shape index (κ2) is 5.83. The Hall–Kier alpha value is -1.55. The summed E-state index contributed by atoms with van der Waals surface area (Å²) in [4.78, 5) is 13.7. The van der Waals surface area contributed by atoms with Gasteiger partial charge in [0, 0.05) is 36.9 Å². The summed E-state index contributed by atoms with van der Waals surface area (Å²) < 4.78 is 0. The zero-order valence-corrected chi connectivity index (χ0v) is 12.1. The number of hydrogen-bond acceptors (Lipinski definition) is 3. The molecule has 0 aromatic heterocycles. The Labute approximate surface area is 120 Å². The number of anilines is 2. The van der Waals surface area contributed by atoms with Crippen LogP contribution in [0.15, 0.2) is 24.3 Å². The van der Waals surface area contributed by atoms with Gasteiger partial charge in [-0.1, -0.05) is 12.5 Å². The molecule has 0 aliphatic carbocycles. The molecule has 0 saturated carbocycles. The summed E-state index contributed by atoms with van der Waals surface area (Å²) in [5.41, 5.74) is 1.97. The van der Waals surface area contributed by atoms with Crippen molar-refractivity contribution < 1.29 is 4.79 Å². The Morgan fingerprint density at radius 2 is 2.05 bits per heavy atom. The summed E-state index contributed by atoms with van der Waals surface area (Å²) in [6.45, 7) is 4.01. The molecule has 2 fully saturated rings. The van der Waals surface area contributed by atoms with Crippen LogP contribution in [0.3, 0.4) is 0 Å². The summed E-state index contributed by atoms with van der Waals surface area (Å²) in [6, 6.07) is 9.25. The van der Waals surface area contributed by atoms with E-state index in [1.807, 2.05) is 18.2 Å². The largest absolute Gasteiger partial charge is 0.381 e. The van der Waals surface area contributed by atoms with Gasteiger partial charge in [-0.25, -0.2) is 0 Å². The molecule has 2 heterocycles. The fourth-order valence-electron chi connectivity index (χ4n) is 3.52. The van der Waals surface area contributed by atoms with Gasteiger partial charge in [0.25, 0.3) is 0 Å². The van der Waals surface area contributed by atoms with Crippen molar-refractivity contribution in [3.8, 4) is 0 Å². The molecule has 2 aliphatic rings. The topological polar surface area (TPSA) is 44.4 Å². The van der Waals surface area contributed by atoms with Gasteiger partial charge in [0.1, 0.15) is 0 Å². The number of carbonyl (C=O) groups excluding carboxylic acids is 1. The quantitative estimate of drug-likeness (QED) is 0.890. The highest BCUT2D eigenvalue weighted by molar-refractivity contribution is 5.89. The van der Waals surface area contributed by atoms with Crippen LogP contribution < -0.4 is 10.6 Å². The van der Waals surface area contributed by atoms with Crippen molar-refractivity contribution in [3.63, 3.8) is 0 Å². The maximum absolute atomic E-state index is 11.1. The van der Waals surface area contributed by atoms with Crippen LogP contribution in [0.2, 0.25) is 0 Å². The molecule has 2 unspecified atom stereocenters. The van der Waals surface area contributed by atoms with E-state index < -0.39 is 0 Å². The first kappa shape index (κ1) is 13.4. The number of carbonyl (C=O) groups is 1. The van der Waals surface area contributed by atoms with Gasteiger partial charge in [0.05, 0.1) is 0 Å². The molecule has 2 N–H and O–H groups in total. The van der Waals surface area contributed by atoms with Crippen LogP contribution in [0.25, 0.3) is 0 Å². The molecule has 4 heteroatoms. The lowest BCUT2D eigenvalue weighted by atomic mass is 9.99. The van der Waals surface area contributed by atoms with E-state index in [1.165, 1.54) is 45.7 Å². The Kier molecular flexibility index (Phi) is 3.92. The molecule has 3 rings (SSSR count). The van der Waals surface area contributed by atoms with E-state index >= 15 is 0 Å². The average molecular weight is 273 g/mol. The third-order valence-corrected chi connectivity index (χ3v) is 4.39. The number of amides is 1. The van der Waals surface area contributed by atoms with Crippen LogP contribution in [-0.2, 0) is 4.79 Å². The van der Waals surface area contributed by atoms with E-state index in [1.54, 1.807) is 0 Å². The SMILES string of the molecule is CC(=O)Nc1cccc(NC2CCN3CCCCC23)c1. The lowest BCUT2D eigenvalue weighted by molar-refractivity contribution is -0.114. The maximum atomic E-state index is 11.1.